The van der Waals surface area contributed by atoms with E-state index in [4.69, 9.17) is 9.47 Å². The quantitative estimate of drug-likeness (QED) is 0.799. The van der Waals surface area contributed by atoms with E-state index in [2.05, 4.69) is 0 Å². The van der Waals surface area contributed by atoms with Crippen molar-refractivity contribution in [3.05, 3.63) is 48.5 Å². The number of ether oxygens (including phenoxy) is 2. The van der Waals surface area contributed by atoms with Crippen LogP contribution in [0.3, 0.4) is 0 Å². The van der Waals surface area contributed by atoms with Gasteiger partial charge in [-0.3, -0.25) is 0 Å². The second-order valence-electron chi connectivity index (χ2n) is 3.57. The maximum absolute atomic E-state index is 12.2. The minimum atomic E-state index is -0.937. The summed E-state index contributed by atoms with van der Waals surface area (Å²) >= 11 is 0. The van der Waals surface area contributed by atoms with Gasteiger partial charge in [0, 0.05) is 6.07 Å². The van der Waals surface area contributed by atoms with Crippen LogP contribution < -0.4 is 9.47 Å². The highest BCUT2D eigenvalue weighted by Gasteiger charge is 2.05. The predicted molar refractivity (Wildman–Crippen MR) is 65.1 cm³/mol. The number of hydrogen-bond donors (Lipinski definition) is 0. The third-order valence-electron chi connectivity index (χ3n) is 2.43. The van der Waals surface area contributed by atoms with Crippen LogP contribution in [0.1, 0.15) is 0 Å². The average Bonchev–Trinajstić information content (AvgIpc) is 2.40. The topological polar surface area (TPSA) is 18.5 Å². The monoisotopic (exact) mass is 250 g/mol. The maximum Gasteiger partial charge on any atom is 0.228 e. The Morgan fingerprint density at radius 2 is 1.28 bits per heavy atom. The lowest BCUT2D eigenvalue weighted by atomic mass is 10.1. The van der Waals surface area contributed by atoms with Crippen molar-refractivity contribution in [1.29, 1.82) is 0 Å². The molecule has 18 heavy (non-hydrogen) atoms. The lowest BCUT2D eigenvalue weighted by molar-refractivity contribution is 0.182. The molecule has 0 aliphatic carbocycles. The fraction of sp³-hybridized carbons (Fsp3) is 0.143. The summed E-state index contributed by atoms with van der Waals surface area (Å²) in [5.41, 5.74) is 1.70. The lowest BCUT2D eigenvalue weighted by Crippen LogP contribution is -1.94. The zero-order chi connectivity index (χ0) is 12.8. The van der Waals surface area contributed by atoms with E-state index in [0.717, 1.165) is 11.1 Å². The summed E-state index contributed by atoms with van der Waals surface area (Å²) in [6, 6.07) is 14.3. The van der Waals surface area contributed by atoms with Crippen molar-refractivity contribution in [3.63, 3.8) is 0 Å². The van der Waals surface area contributed by atoms with Crippen molar-refractivity contribution in [2.24, 2.45) is 0 Å². The molecule has 0 aliphatic heterocycles. The molecule has 94 valence electrons. The Morgan fingerprint density at radius 1 is 0.722 bits per heavy atom. The largest absolute Gasteiger partial charge is 0.463 e. The molecule has 0 aromatic heterocycles. The van der Waals surface area contributed by atoms with Crippen LogP contribution in [-0.4, -0.2) is 13.7 Å². The van der Waals surface area contributed by atoms with Crippen molar-refractivity contribution in [2.75, 3.05) is 13.7 Å². The molecule has 2 aromatic rings. The second-order valence-corrected chi connectivity index (χ2v) is 3.57. The van der Waals surface area contributed by atoms with Gasteiger partial charge in [-0.15, -0.1) is 0 Å². The molecule has 0 spiro atoms. The highest BCUT2D eigenvalue weighted by atomic mass is 19.1. The predicted octanol–water partition coefficient (Wildman–Crippen LogP) is 3.97. The van der Waals surface area contributed by atoms with Crippen LogP contribution in [0.2, 0.25) is 0 Å². The molecule has 0 bridgehead atoms. The van der Waals surface area contributed by atoms with Gasteiger partial charge in [-0.1, -0.05) is 30.3 Å². The van der Waals surface area contributed by atoms with Gasteiger partial charge in [0.2, 0.25) is 13.7 Å². The van der Waals surface area contributed by atoms with Crippen LogP contribution in [-0.2, 0) is 0 Å². The van der Waals surface area contributed by atoms with E-state index in [1.807, 2.05) is 30.3 Å². The van der Waals surface area contributed by atoms with Crippen molar-refractivity contribution in [2.45, 2.75) is 0 Å². The lowest BCUT2D eigenvalue weighted by Gasteiger charge is -2.09. The summed E-state index contributed by atoms with van der Waals surface area (Å²) in [4.78, 5) is 0. The zero-order valence-corrected chi connectivity index (χ0v) is 9.61. The Kier molecular flexibility index (Phi) is 4.12. The minimum absolute atomic E-state index is 0.308. The Morgan fingerprint density at radius 3 is 1.78 bits per heavy atom. The van der Waals surface area contributed by atoms with E-state index in [1.165, 1.54) is 6.07 Å². The third-order valence-corrected chi connectivity index (χ3v) is 2.43. The van der Waals surface area contributed by atoms with Gasteiger partial charge in [-0.2, -0.15) is 0 Å². The van der Waals surface area contributed by atoms with Gasteiger partial charge >= 0.3 is 0 Å². The van der Waals surface area contributed by atoms with Crippen LogP contribution >= 0.6 is 0 Å². The number of hydrogen-bond acceptors (Lipinski definition) is 2. The molecule has 0 fully saturated rings. The van der Waals surface area contributed by atoms with Gasteiger partial charge in [0.15, 0.2) is 0 Å². The Balaban J connectivity index is 2.39. The number of benzene rings is 2. The first-order chi connectivity index (χ1) is 8.83. The Hall–Kier alpha value is -2.10. The summed E-state index contributed by atoms with van der Waals surface area (Å²) in [5, 5.41) is 0. The molecule has 0 unspecified atom stereocenters. The zero-order valence-electron chi connectivity index (χ0n) is 9.61. The van der Waals surface area contributed by atoms with E-state index in [-0.39, 0.29) is 0 Å². The molecule has 2 aromatic carbocycles. The summed E-state index contributed by atoms with van der Waals surface area (Å²) in [7, 11) is 0. The maximum atomic E-state index is 12.2. The van der Waals surface area contributed by atoms with Gasteiger partial charge in [0.05, 0.1) is 0 Å². The van der Waals surface area contributed by atoms with E-state index in [0.29, 0.717) is 11.5 Å². The molecule has 0 amide bonds. The minimum Gasteiger partial charge on any atom is -0.463 e. The molecule has 0 heterocycles. The Bertz CT molecular complexity index is 476. The summed E-state index contributed by atoms with van der Waals surface area (Å²) < 4.78 is 34.0. The van der Waals surface area contributed by atoms with Gasteiger partial charge in [-0.25, -0.2) is 8.78 Å². The van der Waals surface area contributed by atoms with Crippen LogP contribution in [0.25, 0.3) is 11.1 Å². The van der Waals surface area contributed by atoms with Crippen molar-refractivity contribution in [1.82, 2.24) is 0 Å². The van der Waals surface area contributed by atoms with Gasteiger partial charge in [0.25, 0.3) is 0 Å². The summed E-state index contributed by atoms with van der Waals surface area (Å²) in [6.07, 6.45) is 0. The van der Waals surface area contributed by atoms with E-state index >= 15 is 0 Å². The fourth-order valence-electron chi connectivity index (χ4n) is 1.66. The van der Waals surface area contributed by atoms with Gasteiger partial charge < -0.3 is 9.47 Å². The van der Waals surface area contributed by atoms with Gasteiger partial charge in [-0.05, 0) is 23.3 Å². The second kappa shape index (κ2) is 6.00. The highest BCUT2D eigenvalue weighted by molar-refractivity contribution is 5.67. The molecule has 2 nitrogen and oxygen atoms in total. The molecule has 0 N–H and O–H groups in total. The molecular formula is C14H12F2O2. The Labute approximate surface area is 104 Å². The van der Waals surface area contributed by atoms with E-state index in [1.54, 1.807) is 12.1 Å². The molecule has 0 saturated carbocycles. The summed E-state index contributed by atoms with van der Waals surface area (Å²) in [5.74, 6) is 0.615. The average molecular weight is 250 g/mol. The molecule has 0 saturated heterocycles. The number of rotatable bonds is 5. The molecule has 0 atom stereocenters. The molecule has 0 aliphatic rings. The van der Waals surface area contributed by atoms with E-state index < -0.39 is 13.7 Å². The van der Waals surface area contributed by atoms with Crippen molar-refractivity contribution in [3.8, 4) is 22.6 Å². The molecule has 2 rings (SSSR count). The molecular weight excluding hydrogens is 238 g/mol. The van der Waals surface area contributed by atoms with Gasteiger partial charge in [0.1, 0.15) is 11.5 Å². The number of alkyl halides is 2. The van der Waals surface area contributed by atoms with Crippen LogP contribution in [0.5, 0.6) is 11.5 Å². The molecule has 0 radical (unpaired) electrons. The van der Waals surface area contributed by atoms with E-state index in [9.17, 15) is 8.78 Å². The van der Waals surface area contributed by atoms with Crippen LogP contribution in [0.15, 0.2) is 48.5 Å². The smallest absolute Gasteiger partial charge is 0.228 e. The van der Waals surface area contributed by atoms with Crippen LogP contribution in [0, 0.1) is 0 Å². The van der Waals surface area contributed by atoms with Crippen molar-refractivity contribution >= 4 is 0 Å². The highest BCUT2D eigenvalue weighted by Crippen LogP contribution is 2.30. The molecule has 4 heteroatoms. The number of halogens is 2. The SMILES string of the molecule is FCOc1cc(OCF)cc(-c2ccccc2)c1. The van der Waals surface area contributed by atoms with Crippen LogP contribution in [0.4, 0.5) is 8.78 Å². The third kappa shape index (κ3) is 2.97. The normalized spacial score (nSPS) is 10.1. The fourth-order valence-corrected chi connectivity index (χ4v) is 1.66. The standard InChI is InChI=1S/C14H12F2O2/c15-9-17-13-6-12(7-14(8-13)18-10-16)11-4-2-1-3-5-11/h1-8H,9-10H2. The first-order valence-electron chi connectivity index (χ1n) is 5.41. The first kappa shape index (κ1) is 12.4. The first-order valence-corrected chi connectivity index (χ1v) is 5.41. The van der Waals surface area contributed by atoms with Crippen molar-refractivity contribution < 1.29 is 18.3 Å². The summed E-state index contributed by atoms with van der Waals surface area (Å²) in [6.45, 7) is -1.87.